The standard InChI is InChI=1S/C53H90O15P2/c1-3-5-7-9-11-13-15-17-19-21-22-23-24-26-28-30-32-34-36-38-40-42-53(58)64-44-50(55)46-66-70(61,62)68-48-51(56)47-67-69(59,60)65-45-49(54)43-63-52(57)41-39-37-35-33-31-29-27-25-20-18-16-14-12-10-8-6-4-2/h6,8,11-14,17-20,22-23,27,29,33,35,49-51,54-56H,3-5,7,9-10,15-16,21,24-26,28,30-32,34,36-48H2,1-2H3,(H,59,60)(H,61,62)/b8-6-,13-11-,14-12-,19-17-,20-18-,23-22-,29-27-,35-33-. The first-order chi connectivity index (χ1) is 33.8. The smallest absolute Gasteiger partial charge is 0.463 e. The number of esters is 2. The lowest BCUT2D eigenvalue weighted by molar-refractivity contribution is -0.148. The molecule has 5 N–H and O–H groups in total. The Morgan fingerprint density at radius 2 is 0.671 bits per heavy atom. The highest BCUT2D eigenvalue weighted by atomic mass is 31.2. The van der Waals surface area contributed by atoms with Crippen LogP contribution in [0.4, 0.5) is 0 Å². The van der Waals surface area contributed by atoms with Crippen molar-refractivity contribution < 1.29 is 71.4 Å². The molecule has 0 bridgehead atoms. The molecule has 0 saturated carbocycles. The maximum atomic E-state index is 12.2. The van der Waals surface area contributed by atoms with Gasteiger partial charge in [0.25, 0.3) is 0 Å². The highest BCUT2D eigenvalue weighted by Gasteiger charge is 2.28. The van der Waals surface area contributed by atoms with Crippen LogP contribution in [0.15, 0.2) is 97.2 Å². The van der Waals surface area contributed by atoms with Gasteiger partial charge in [0.1, 0.15) is 31.5 Å². The number of unbranched alkanes of at least 4 members (excludes halogenated alkanes) is 12. The van der Waals surface area contributed by atoms with Crippen LogP contribution in [-0.4, -0.2) is 95.0 Å². The van der Waals surface area contributed by atoms with Crippen molar-refractivity contribution in [3.05, 3.63) is 97.2 Å². The fourth-order valence-corrected chi connectivity index (χ4v) is 7.67. The second-order valence-electron chi connectivity index (χ2n) is 16.8. The molecule has 0 heterocycles. The number of ether oxygens (including phenoxy) is 2. The molecule has 0 amide bonds. The van der Waals surface area contributed by atoms with E-state index in [1.54, 1.807) is 0 Å². The number of hydrogen-bond donors (Lipinski definition) is 5. The molecule has 17 heteroatoms. The molecule has 0 aromatic rings. The fourth-order valence-electron chi connectivity index (χ4n) is 6.08. The van der Waals surface area contributed by atoms with E-state index in [9.17, 15) is 43.8 Å². The number of phosphoric ester groups is 2. The van der Waals surface area contributed by atoms with E-state index < -0.39 is 85.5 Å². The molecule has 15 nitrogen and oxygen atoms in total. The van der Waals surface area contributed by atoms with Gasteiger partial charge in [0, 0.05) is 12.8 Å². The predicted molar refractivity (Wildman–Crippen MR) is 279 cm³/mol. The van der Waals surface area contributed by atoms with Gasteiger partial charge < -0.3 is 34.6 Å². The molecule has 0 fully saturated rings. The molecule has 0 saturated heterocycles. The van der Waals surface area contributed by atoms with Crippen molar-refractivity contribution in [3.8, 4) is 0 Å². The Balaban J connectivity index is 3.93. The number of hydrogen-bond acceptors (Lipinski definition) is 13. The summed E-state index contributed by atoms with van der Waals surface area (Å²) in [4.78, 5) is 43.8. The molecule has 5 unspecified atom stereocenters. The molecular weight excluding hydrogens is 939 g/mol. The molecule has 0 aliphatic heterocycles. The topological polar surface area (TPSA) is 225 Å². The van der Waals surface area contributed by atoms with Crippen molar-refractivity contribution in [1.29, 1.82) is 0 Å². The van der Waals surface area contributed by atoms with Crippen molar-refractivity contribution in [2.75, 3.05) is 39.6 Å². The second kappa shape index (κ2) is 48.2. The minimum Gasteiger partial charge on any atom is -0.463 e. The molecule has 0 aromatic heterocycles. The number of rotatable bonds is 48. The van der Waals surface area contributed by atoms with Crippen LogP contribution in [0, 0.1) is 0 Å². The van der Waals surface area contributed by atoms with E-state index in [1.807, 2.05) is 12.2 Å². The Labute approximate surface area is 420 Å². The van der Waals surface area contributed by atoms with Gasteiger partial charge in [0.15, 0.2) is 0 Å². The summed E-state index contributed by atoms with van der Waals surface area (Å²) in [5.74, 6) is -1.06. The summed E-state index contributed by atoms with van der Waals surface area (Å²) in [6.45, 7) is 0.189. The Kier molecular flexibility index (Phi) is 46.1. The van der Waals surface area contributed by atoms with Gasteiger partial charge in [-0.05, 0) is 89.9 Å². The molecule has 0 aliphatic carbocycles. The van der Waals surface area contributed by atoms with E-state index in [2.05, 4.69) is 117 Å². The van der Waals surface area contributed by atoms with Gasteiger partial charge in [0.2, 0.25) is 0 Å². The molecule has 0 radical (unpaired) electrons. The van der Waals surface area contributed by atoms with Gasteiger partial charge in [-0.25, -0.2) is 9.13 Å². The Bertz CT molecular complexity index is 1620. The highest BCUT2D eigenvalue weighted by molar-refractivity contribution is 7.47. The first kappa shape index (κ1) is 67.0. The lowest BCUT2D eigenvalue weighted by atomic mass is 10.1. The summed E-state index contributed by atoms with van der Waals surface area (Å²) in [5.41, 5.74) is 0. The normalized spacial score (nSPS) is 15.7. The van der Waals surface area contributed by atoms with Gasteiger partial charge in [-0.15, -0.1) is 0 Å². The van der Waals surface area contributed by atoms with E-state index in [0.717, 1.165) is 77.0 Å². The summed E-state index contributed by atoms with van der Waals surface area (Å²) >= 11 is 0. The summed E-state index contributed by atoms with van der Waals surface area (Å²) in [5, 5.41) is 30.1. The number of allylic oxidation sites excluding steroid dienone is 16. The van der Waals surface area contributed by atoms with Crippen LogP contribution in [0.1, 0.15) is 168 Å². The minimum atomic E-state index is -4.81. The number of phosphoric acid groups is 2. The molecule has 0 aliphatic rings. The zero-order valence-electron chi connectivity index (χ0n) is 42.4. The maximum Gasteiger partial charge on any atom is 0.472 e. The number of aliphatic hydroxyl groups excluding tert-OH is 3. The van der Waals surface area contributed by atoms with E-state index in [-0.39, 0.29) is 12.8 Å². The highest BCUT2D eigenvalue weighted by Crippen LogP contribution is 2.45. The van der Waals surface area contributed by atoms with Crippen molar-refractivity contribution in [2.45, 2.75) is 186 Å². The molecule has 5 atom stereocenters. The molecule has 0 rings (SSSR count). The number of carbonyl (C=O) groups excluding carboxylic acids is 2. The first-order valence-corrected chi connectivity index (χ1v) is 28.6. The van der Waals surface area contributed by atoms with Crippen LogP contribution < -0.4 is 0 Å². The summed E-state index contributed by atoms with van der Waals surface area (Å²) in [6, 6.07) is 0. The molecule has 0 spiro atoms. The van der Waals surface area contributed by atoms with Crippen molar-refractivity contribution >= 4 is 27.6 Å². The zero-order chi connectivity index (χ0) is 51.7. The third kappa shape index (κ3) is 49.9. The summed E-state index contributed by atoms with van der Waals surface area (Å²) in [7, 11) is -9.61. The van der Waals surface area contributed by atoms with Crippen molar-refractivity contribution in [2.24, 2.45) is 0 Å². The Morgan fingerprint density at radius 3 is 1.04 bits per heavy atom. The van der Waals surface area contributed by atoms with Crippen LogP contribution in [0.2, 0.25) is 0 Å². The largest absolute Gasteiger partial charge is 0.472 e. The zero-order valence-corrected chi connectivity index (χ0v) is 44.2. The molecular formula is C53H90O15P2. The van der Waals surface area contributed by atoms with Gasteiger partial charge >= 0.3 is 27.6 Å². The third-order valence-corrected chi connectivity index (χ3v) is 11.9. The summed E-state index contributed by atoms with van der Waals surface area (Å²) < 4.78 is 53.0. The third-order valence-electron chi connectivity index (χ3n) is 10.0. The average Bonchev–Trinajstić information content (AvgIpc) is 3.34. The molecule has 402 valence electrons. The van der Waals surface area contributed by atoms with E-state index >= 15 is 0 Å². The van der Waals surface area contributed by atoms with Crippen LogP contribution in [0.3, 0.4) is 0 Å². The van der Waals surface area contributed by atoms with Crippen LogP contribution in [0.25, 0.3) is 0 Å². The number of carbonyl (C=O) groups is 2. The maximum absolute atomic E-state index is 12.2. The van der Waals surface area contributed by atoms with Gasteiger partial charge in [-0.3, -0.25) is 27.7 Å². The Hall–Kier alpha value is -3.04. The van der Waals surface area contributed by atoms with Crippen LogP contribution >= 0.6 is 15.6 Å². The molecule has 0 aromatic carbocycles. The monoisotopic (exact) mass is 1030 g/mol. The minimum absolute atomic E-state index is 0.114. The predicted octanol–water partition coefficient (Wildman–Crippen LogP) is 12.3. The van der Waals surface area contributed by atoms with Gasteiger partial charge in [-0.2, -0.15) is 0 Å². The van der Waals surface area contributed by atoms with E-state index in [4.69, 9.17) is 9.47 Å². The van der Waals surface area contributed by atoms with Gasteiger partial charge in [-0.1, -0.05) is 162 Å². The van der Waals surface area contributed by atoms with Gasteiger partial charge in [0.05, 0.1) is 26.4 Å². The lowest BCUT2D eigenvalue weighted by Gasteiger charge is -2.19. The van der Waals surface area contributed by atoms with Crippen LogP contribution in [0.5, 0.6) is 0 Å². The average molecular weight is 1030 g/mol. The first-order valence-electron chi connectivity index (χ1n) is 25.6. The Morgan fingerprint density at radius 1 is 0.386 bits per heavy atom. The quantitative estimate of drug-likeness (QED) is 0.0165. The van der Waals surface area contributed by atoms with Crippen LogP contribution in [-0.2, 0) is 46.3 Å². The fraction of sp³-hybridized carbons (Fsp3) is 0.660. The van der Waals surface area contributed by atoms with Crippen molar-refractivity contribution in [1.82, 2.24) is 0 Å². The van der Waals surface area contributed by atoms with Crippen molar-refractivity contribution in [3.63, 3.8) is 0 Å². The lowest BCUT2D eigenvalue weighted by Crippen LogP contribution is -2.25. The summed E-state index contributed by atoms with van der Waals surface area (Å²) in [6.07, 6.45) is 52.5. The van der Waals surface area contributed by atoms with E-state index in [0.29, 0.717) is 19.3 Å². The number of aliphatic hydroxyl groups is 3. The molecule has 70 heavy (non-hydrogen) atoms. The SMILES string of the molecule is CC/C=C\C/C=C\C/C=C\C/C=C\C/C=C\CCCC(=O)OCC(O)COP(=O)(O)OCC(O)COP(=O)(O)OCC(O)COC(=O)CCCCCCCCCC/C=C\C/C=C\C/C=C\CCCCC. The van der Waals surface area contributed by atoms with E-state index in [1.165, 1.54) is 44.9 Å². The second-order valence-corrected chi connectivity index (χ2v) is 19.7.